The van der Waals surface area contributed by atoms with Crippen LogP contribution in [0.25, 0.3) is 0 Å². The van der Waals surface area contributed by atoms with Crippen molar-refractivity contribution in [1.82, 2.24) is 4.90 Å². The van der Waals surface area contributed by atoms with Crippen LogP contribution in [0.1, 0.15) is 27.2 Å². The Bertz CT molecular complexity index is 181. The number of likely N-dealkylation sites (N-methyl/N-ethyl adjacent to an activating group) is 1. The fraction of sp³-hybridized carbons (Fsp3) is 0.900. The second kappa shape index (κ2) is 5.98. The van der Waals surface area contributed by atoms with Crippen LogP contribution in [-0.4, -0.2) is 43.2 Å². The van der Waals surface area contributed by atoms with Crippen molar-refractivity contribution in [3.63, 3.8) is 0 Å². The van der Waals surface area contributed by atoms with E-state index in [1.54, 1.807) is 11.9 Å². The summed E-state index contributed by atoms with van der Waals surface area (Å²) >= 11 is 0. The van der Waals surface area contributed by atoms with Gasteiger partial charge >= 0.3 is 0 Å². The van der Waals surface area contributed by atoms with Crippen molar-refractivity contribution in [1.29, 1.82) is 0 Å². The molecule has 0 aromatic heterocycles. The van der Waals surface area contributed by atoms with Crippen molar-refractivity contribution in [3.8, 4) is 0 Å². The van der Waals surface area contributed by atoms with E-state index in [4.69, 9.17) is 10.5 Å². The maximum atomic E-state index is 11.6. The SMILES string of the molecule is CCOCCC(=O)N(C)C(C)(C)CN. The van der Waals surface area contributed by atoms with Crippen molar-refractivity contribution in [2.75, 3.05) is 26.8 Å². The van der Waals surface area contributed by atoms with Gasteiger partial charge in [-0.2, -0.15) is 0 Å². The molecule has 0 bridgehead atoms. The smallest absolute Gasteiger partial charge is 0.225 e. The van der Waals surface area contributed by atoms with E-state index in [-0.39, 0.29) is 11.4 Å². The molecule has 0 saturated heterocycles. The van der Waals surface area contributed by atoms with E-state index in [9.17, 15) is 4.79 Å². The Morgan fingerprint density at radius 2 is 2.07 bits per heavy atom. The molecule has 84 valence electrons. The first-order valence-corrected chi connectivity index (χ1v) is 5.00. The number of carbonyl (C=O) groups excluding carboxylic acids is 1. The Balaban J connectivity index is 3.99. The fourth-order valence-corrected chi connectivity index (χ4v) is 0.946. The summed E-state index contributed by atoms with van der Waals surface area (Å²) in [6, 6.07) is 0. The molecule has 14 heavy (non-hydrogen) atoms. The first kappa shape index (κ1) is 13.4. The molecule has 4 nitrogen and oxygen atoms in total. The molecular formula is C10H22N2O2. The van der Waals surface area contributed by atoms with Crippen LogP contribution in [0.4, 0.5) is 0 Å². The summed E-state index contributed by atoms with van der Waals surface area (Å²) in [6.45, 7) is 7.41. The van der Waals surface area contributed by atoms with E-state index in [0.717, 1.165) is 0 Å². The zero-order valence-corrected chi connectivity index (χ0v) is 9.67. The van der Waals surface area contributed by atoms with Gasteiger partial charge in [0.05, 0.1) is 13.0 Å². The second-order valence-corrected chi connectivity index (χ2v) is 3.92. The number of ether oxygens (including phenoxy) is 1. The van der Waals surface area contributed by atoms with Gasteiger partial charge in [-0.25, -0.2) is 0 Å². The van der Waals surface area contributed by atoms with Gasteiger partial charge in [0.25, 0.3) is 0 Å². The lowest BCUT2D eigenvalue weighted by molar-refractivity contribution is -0.135. The largest absolute Gasteiger partial charge is 0.381 e. The molecule has 0 unspecified atom stereocenters. The number of carbonyl (C=O) groups is 1. The predicted molar refractivity (Wildman–Crippen MR) is 57.0 cm³/mol. The van der Waals surface area contributed by atoms with Crippen LogP contribution in [0.15, 0.2) is 0 Å². The highest BCUT2D eigenvalue weighted by atomic mass is 16.5. The summed E-state index contributed by atoms with van der Waals surface area (Å²) in [7, 11) is 1.78. The monoisotopic (exact) mass is 202 g/mol. The Morgan fingerprint density at radius 1 is 1.50 bits per heavy atom. The average Bonchev–Trinajstić information content (AvgIpc) is 2.17. The summed E-state index contributed by atoms with van der Waals surface area (Å²) in [6.07, 6.45) is 0.424. The molecule has 0 radical (unpaired) electrons. The van der Waals surface area contributed by atoms with E-state index in [1.165, 1.54) is 0 Å². The van der Waals surface area contributed by atoms with Gasteiger partial charge in [-0.15, -0.1) is 0 Å². The lowest BCUT2D eigenvalue weighted by Gasteiger charge is -2.34. The Morgan fingerprint density at radius 3 is 2.50 bits per heavy atom. The highest BCUT2D eigenvalue weighted by Gasteiger charge is 2.25. The highest BCUT2D eigenvalue weighted by Crippen LogP contribution is 2.11. The summed E-state index contributed by atoms with van der Waals surface area (Å²) in [5.74, 6) is 0.0777. The Hall–Kier alpha value is -0.610. The molecule has 0 aliphatic carbocycles. The van der Waals surface area contributed by atoms with Crippen LogP contribution >= 0.6 is 0 Å². The minimum Gasteiger partial charge on any atom is -0.381 e. The number of amides is 1. The molecule has 0 spiro atoms. The molecule has 0 fully saturated rings. The van der Waals surface area contributed by atoms with E-state index < -0.39 is 0 Å². The zero-order chi connectivity index (χ0) is 11.2. The van der Waals surface area contributed by atoms with Gasteiger partial charge in [0.2, 0.25) is 5.91 Å². The number of nitrogens with zero attached hydrogens (tertiary/aromatic N) is 1. The van der Waals surface area contributed by atoms with Gasteiger partial charge < -0.3 is 15.4 Å². The van der Waals surface area contributed by atoms with Crippen LogP contribution in [0.3, 0.4) is 0 Å². The van der Waals surface area contributed by atoms with Crippen LogP contribution in [0.2, 0.25) is 0 Å². The Labute approximate surface area is 86.4 Å². The van der Waals surface area contributed by atoms with E-state index in [1.807, 2.05) is 20.8 Å². The topological polar surface area (TPSA) is 55.6 Å². The minimum absolute atomic E-state index is 0.0777. The highest BCUT2D eigenvalue weighted by molar-refractivity contribution is 5.76. The van der Waals surface area contributed by atoms with Crippen molar-refractivity contribution >= 4 is 5.91 Å². The van der Waals surface area contributed by atoms with Crippen LogP contribution in [-0.2, 0) is 9.53 Å². The van der Waals surface area contributed by atoms with Crippen molar-refractivity contribution < 1.29 is 9.53 Å². The summed E-state index contributed by atoms with van der Waals surface area (Å²) in [4.78, 5) is 13.3. The third-order valence-corrected chi connectivity index (χ3v) is 2.45. The molecule has 0 aromatic carbocycles. The predicted octanol–water partition coefficient (Wildman–Crippen LogP) is 0.609. The molecule has 2 N–H and O–H groups in total. The third-order valence-electron chi connectivity index (χ3n) is 2.45. The second-order valence-electron chi connectivity index (χ2n) is 3.92. The van der Waals surface area contributed by atoms with Gasteiger partial charge in [-0.1, -0.05) is 0 Å². The molecule has 0 atom stereocenters. The standard InChI is InChI=1S/C10H22N2O2/c1-5-14-7-6-9(13)12(4)10(2,3)8-11/h5-8,11H2,1-4H3. The van der Waals surface area contributed by atoms with E-state index in [2.05, 4.69) is 0 Å². The van der Waals surface area contributed by atoms with Crippen molar-refractivity contribution in [3.05, 3.63) is 0 Å². The zero-order valence-electron chi connectivity index (χ0n) is 9.67. The number of rotatable bonds is 6. The molecule has 0 aromatic rings. The van der Waals surface area contributed by atoms with E-state index >= 15 is 0 Å². The van der Waals surface area contributed by atoms with Crippen LogP contribution < -0.4 is 5.73 Å². The number of hydrogen-bond acceptors (Lipinski definition) is 3. The number of hydrogen-bond donors (Lipinski definition) is 1. The fourth-order valence-electron chi connectivity index (χ4n) is 0.946. The minimum atomic E-state index is -0.275. The lowest BCUT2D eigenvalue weighted by Crippen LogP contribution is -2.50. The van der Waals surface area contributed by atoms with Crippen LogP contribution in [0, 0.1) is 0 Å². The maximum Gasteiger partial charge on any atom is 0.225 e. The van der Waals surface area contributed by atoms with Gasteiger partial charge in [-0.05, 0) is 20.8 Å². The summed E-state index contributed by atoms with van der Waals surface area (Å²) < 4.78 is 5.12. The number of nitrogens with two attached hydrogens (primary N) is 1. The normalized spacial score (nSPS) is 11.5. The van der Waals surface area contributed by atoms with Gasteiger partial charge in [-0.3, -0.25) is 4.79 Å². The molecule has 0 saturated carbocycles. The molecule has 0 heterocycles. The third kappa shape index (κ3) is 4.07. The van der Waals surface area contributed by atoms with Crippen molar-refractivity contribution in [2.45, 2.75) is 32.7 Å². The summed E-state index contributed by atoms with van der Waals surface area (Å²) in [5, 5.41) is 0. The summed E-state index contributed by atoms with van der Waals surface area (Å²) in [5.41, 5.74) is 5.30. The maximum absolute atomic E-state index is 11.6. The van der Waals surface area contributed by atoms with Crippen LogP contribution in [0.5, 0.6) is 0 Å². The average molecular weight is 202 g/mol. The molecule has 0 rings (SSSR count). The van der Waals surface area contributed by atoms with Gasteiger partial charge in [0, 0.05) is 25.7 Å². The molecule has 0 aliphatic rings. The van der Waals surface area contributed by atoms with E-state index in [0.29, 0.717) is 26.2 Å². The lowest BCUT2D eigenvalue weighted by atomic mass is 10.0. The van der Waals surface area contributed by atoms with Gasteiger partial charge in [0.15, 0.2) is 0 Å². The van der Waals surface area contributed by atoms with Crippen molar-refractivity contribution in [2.24, 2.45) is 5.73 Å². The molecule has 1 amide bonds. The molecule has 4 heteroatoms. The molecule has 0 aliphatic heterocycles. The van der Waals surface area contributed by atoms with Gasteiger partial charge in [0.1, 0.15) is 0 Å². The molecular weight excluding hydrogens is 180 g/mol. The first-order valence-electron chi connectivity index (χ1n) is 5.00. The Kier molecular flexibility index (Phi) is 5.72. The first-order chi connectivity index (χ1) is 6.45. The quantitative estimate of drug-likeness (QED) is 0.642.